The molecule has 0 radical (unpaired) electrons. The molecular formula is C18H30N2O. The van der Waals surface area contributed by atoms with Crippen LogP contribution in [0.2, 0.25) is 0 Å². The third kappa shape index (κ3) is 3.47. The minimum Gasteiger partial charge on any atom is -0.383 e. The highest BCUT2D eigenvalue weighted by molar-refractivity contribution is 5.36. The van der Waals surface area contributed by atoms with E-state index in [1.807, 2.05) is 0 Å². The molecule has 1 aromatic rings. The van der Waals surface area contributed by atoms with Crippen LogP contribution in [0.4, 0.5) is 0 Å². The molecule has 0 fully saturated rings. The predicted octanol–water partition coefficient (Wildman–Crippen LogP) is 2.78. The molecule has 0 amide bonds. The third-order valence-corrected chi connectivity index (χ3v) is 4.65. The Morgan fingerprint density at radius 3 is 2.76 bits per heavy atom. The van der Waals surface area contributed by atoms with Gasteiger partial charge in [0.05, 0.1) is 12.1 Å². The van der Waals surface area contributed by atoms with Crippen LogP contribution < -0.4 is 5.73 Å². The normalized spacial score (nSPS) is 21.8. The Labute approximate surface area is 129 Å². The number of benzene rings is 1. The summed E-state index contributed by atoms with van der Waals surface area (Å²) < 4.78 is 5.34. The molecule has 0 aromatic heterocycles. The summed E-state index contributed by atoms with van der Waals surface area (Å²) in [5, 5.41) is 0. The predicted molar refractivity (Wildman–Crippen MR) is 88.4 cm³/mol. The van der Waals surface area contributed by atoms with Gasteiger partial charge in [-0.1, -0.05) is 38.1 Å². The zero-order chi connectivity index (χ0) is 15.3. The van der Waals surface area contributed by atoms with Gasteiger partial charge in [-0.2, -0.15) is 0 Å². The van der Waals surface area contributed by atoms with Gasteiger partial charge in [-0.05, 0) is 36.3 Å². The largest absolute Gasteiger partial charge is 0.383 e. The van der Waals surface area contributed by atoms with Crippen LogP contribution in [0, 0.1) is 5.92 Å². The number of hydrogen-bond donors (Lipinski definition) is 1. The Morgan fingerprint density at radius 2 is 2.10 bits per heavy atom. The topological polar surface area (TPSA) is 38.5 Å². The van der Waals surface area contributed by atoms with Crippen LogP contribution in [0.15, 0.2) is 24.3 Å². The van der Waals surface area contributed by atoms with E-state index in [2.05, 4.69) is 43.0 Å². The second kappa shape index (κ2) is 7.39. The molecule has 2 N–H and O–H groups in total. The molecule has 3 nitrogen and oxygen atoms in total. The van der Waals surface area contributed by atoms with Gasteiger partial charge in [-0.15, -0.1) is 0 Å². The van der Waals surface area contributed by atoms with E-state index in [0.29, 0.717) is 12.5 Å². The number of aryl methyl sites for hydroxylation is 1. The molecule has 118 valence electrons. The summed E-state index contributed by atoms with van der Waals surface area (Å²) in [6.45, 7) is 8.00. The van der Waals surface area contributed by atoms with Gasteiger partial charge in [0, 0.05) is 26.7 Å². The molecule has 0 spiro atoms. The summed E-state index contributed by atoms with van der Waals surface area (Å²) in [5.41, 5.74) is 9.22. The molecule has 1 aliphatic carbocycles. The van der Waals surface area contributed by atoms with Crippen LogP contribution in [-0.2, 0) is 16.7 Å². The lowest BCUT2D eigenvalue weighted by Crippen LogP contribution is -2.55. The van der Waals surface area contributed by atoms with Gasteiger partial charge in [0.1, 0.15) is 0 Å². The number of hydrogen-bond acceptors (Lipinski definition) is 3. The Kier molecular flexibility index (Phi) is 5.80. The molecule has 1 aromatic carbocycles. The summed E-state index contributed by atoms with van der Waals surface area (Å²) in [5.74, 6) is 0.624. The fourth-order valence-corrected chi connectivity index (χ4v) is 3.69. The Bertz CT molecular complexity index is 447. The second-order valence-electron chi connectivity index (χ2n) is 6.58. The highest BCUT2D eigenvalue weighted by atomic mass is 16.5. The summed E-state index contributed by atoms with van der Waals surface area (Å²) in [7, 11) is 1.78. The van der Waals surface area contributed by atoms with Gasteiger partial charge in [0.15, 0.2) is 0 Å². The van der Waals surface area contributed by atoms with Gasteiger partial charge in [0.25, 0.3) is 0 Å². The zero-order valence-corrected chi connectivity index (χ0v) is 13.8. The minimum atomic E-state index is -0.0162. The van der Waals surface area contributed by atoms with Crippen molar-refractivity contribution in [3.05, 3.63) is 35.4 Å². The van der Waals surface area contributed by atoms with E-state index in [4.69, 9.17) is 10.5 Å². The minimum absolute atomic E-state index is 0.0162. The van der Waals surface area contributed by atoms with Crippen molar-refractivity contribution in [3.8, 4) is 0 Å². The Hall–Kier alpha value is -0.900. The number of rotatable bonds is 7. The first kappa shape index (κ1) is 16.5. The molecule has 0 saturated carbocycles. The molecule has 0 bridgehead atoms. The van der Waals surface area contributed by atoms with Crippen LogP contribution in [-0.4, -0.2) is 38.3 Å². The highest BCUT2D eigenvalue weighted by Crippen LogP contribution is 2.39. The molecule has 1 unspecified atom stereocenters. The third-order valence-electron chi connectivity index (χ3n) is 4.65. The van der Waals surface area contributed by atoms with E-state index in [0.717, 1.165) is 26.1 Å². The molecule has 3 heteroatoms. The Balaban J connectivity index is 2.38. The van der Waals surface area contributed by atoms with E-state index >= 15 is 0 Å². The first-order chi connectivity index (χ1) is 10.1. The summed E-state index contributed by atoms with van der Waals surface area (Å²) in [4.78, 5) is 2.57. The van der Waals surface area contributed by atoms with Gasteiger partial charge >= 0.3 is 0 Å². The summed E-state index contributed by atoms with van der Waals surface area (Å²) in [6.07, 6.45) is 3.55. The second-order valence-corrected chi connectivity index (χ2v) is 6.58. The first-order valence-corrected chi connectivity index (χ1v) is 8.16. The standard InChI is InChI=1S/C18H30N2O/c1-15(2)13-20(11-12-21-3)18(14-19)10-6-8-16-7-4-5-9-17(16)18/h4-5,7,9,15H,6,8,10-14,19H2,1-3H3. The van der Waals surface area contributed by atoms with Gasteiger partial charge in [0.2, 0.25) is 0 Å². The monoisotopic (exact) mass is 290 g/mol. The molecule has 1 aliphatic rings. The van der Waals surface area contributed by atoms with Gasteiger partial charge in [-0.3, -0.25) is 4.90 Å². The van der Waals surface area contributed by atoms with Gasteiger partial charge < -0.3 is 10.5 Å². The lowest BCUT2D eigenvalue weighted by molar-refractivity contribution is 0.0356. The number of methoxy groups -OCH3 is 1. The van der Waals surface area contributed by atoms with E-state index in [9.17, 15) is 0 Å². The van der Waals surface area contributed by atoms with Crippen molar-refractivity contribution in [3.63, 3.8) is 0 Å². The number of fused-ring (bicyclic) bond motifs is 1. The quantitative estimate of drug-likeness (QED) is 0.839. The lowest BCUT2D eigenvalue weighted by atomic mass is 9.75. The molecule has 21 heavy (non-hydrogen) atoms. The lowest BCUT2D eigenvalue weighted by Gasteiger charge is -2.48. The van der Waals surface area contributed by atoms with E-state index in [1.165, 1.54) is 24.0 Å². The molecule has 1 atom stereocenters. The van der Waals surface area contributed by atoms with Crippen LogP contribution in [0.1, 0.15) is 37.8 Å². The van der Waals surface area contributed by atoms with Crippen molar-refractivity contribution in [1.29, 1.82) is 0 Å². The molecule has 0 aliphatic heterocycles. The SMILES string of the molecule is COCCN(CC(C)C)C1(CN)CCCc2ccccc21. The smallest absolute Gasteiger partial charge is 0.0590 e. The highest BCUT2D eigenvalue weighted by Gasteiger charge is 2.40. The number of nitrogens with two attached hydrogens (primary N) is 1. The van der Waals surface area contributed by atoms with Crippen molar-refractivity contribution in [2.24, 2.45) is 11.7 Å². The maximum atomic E-state index is 6.32. The maximum absolute atomic E-state index is 6.32. The van der Waals surface area contributed by atoms with Gasteiger partial charge in [-0.25, -0.2) is 0 Å². The van der Waals surface area contributed by atoms with Crippen molar-refractivity contribution >= 4 is 0 Å². The zero-order valence-electron chi connectivity index (χ0n) is 13.8. The summed E-state index contributed by atoms with van der Waals surface area (Å²) in [6, 6.07) is 8.84. The maximum Gasteiger partial charge on any atom is 0.0590 e. The van der Waals surface area contributed by atoms with E-state index < -0.39 is 0 Å². The van der Waals surface area contributed by atoms with Crippen molar-refractivity contribution in [2.45, 2.75) is 38.6 Å². The molecular weight excluding hydrogens is 260 g/mol. The van der Waals surface area contributed by atoms with Crippen molar-refractivity contribution in [1.82, 2.24) is 4.90 Å². The fraction of sp³-hybridized carbons (Fsp3) is 0.667. The molecule has 0 heterocycles. The van der Waals surface area contributed by atoms with Crippen molar-refractivity contribution in [2.75, 3.05) is 33.4 Å². The Morgan fingerprint density at radius 1 is 1.33 bits per heavy atom. The fourth-order valence-electron chi connectivity index (χ4n) is 3.69. The molecule has 2 rings (SSSR count). The van der Waals surface area contributed by atoms with Crippen molar-refractivity contribution < 1.29 is 4.74 Å². The number of ether oxygens (including phenoxy) is 1. The average Bonchev–Trinajstić information content (AvgIpc) is 2.50. The van der Waals surface area contributed by atoms with Crippen LogP contribution in [0.5, 0.6) is 0 Å². The summed E-state index contributed by atoms with van der Waals surface area (Å²) >= 11 is 0. The molecule has 0 saturated heterocycles. The van der Waals surface area contributed by atoms with E-state index in [1.54, 1.807) is 7.11 Å². The van der Waals surface area contributed by atoms with Crippen LogP contribution in [0.25, 0.3) is 0 Å². The van der Waals surface area contributed by atoms with Crippen LogP contribution >= 0.6 is 0 Å². The number of nitrogens with zero attached hydrogens (tertiary/aromatic N) is 1. The average molecular weight is 290 g/mol. The van der Waals surface area contributed by atoms with Crippen LogP contribution in [0.3, 0.4) is 0 Å². The van der Waals surface area contributed by atoms with E-state index in [-0.39, 0.29) is 5.54 Å². The first-order valence-electron chi connectivity index (χ1n) is 8.16.